The molecule has 1 saturated heterocycles. The van der Waals surface area contributed by atoms with E-state index < -0.39 is 0 Å². The van der Waals surface area contributed by atoms with E-state index in [1.54, 1.807) is 0 Å². The smallest absolute Gasteiger partial charge is 0.191 e. The summed E-state index contributed by atoms with van der Waals surface area (Å²) in [4.78, 5) is 7.12. The average molecular weight is 391 g/mol. The number of guanidine groups is 1. The Kier molecular flexibility index (Phi) is 9.58. The maximum Gasteiger partial charge on any atom is 0.191 e. The number of rotatable bonds is 11. The number of nitrogens with one attached hydrogen (secondary N) is 2. The monoisotopic (exact) mass is 390 g/mol. The van der Waals surface area contributed by atoms with E-state index in [1.165, 1.54) is 0 Å². The first-order chi connectivity index (χ1) is 13.6. The van der Waals surface area contributed by atoms with Crippen LogP contribution in [0.3, 0.4) is 0 Å². The molecule has 1 aromatic carbocycles. The molecule has 1 heterocycles. The van der Waals surface area contributed by atoms with E-state index in [4.69, 9.17) is 14.5 Å². The number of benzene rings is 1. The van der Waals surface area contributed by atoms with Gasteiger partial charge in [0.15, 0.2) is 5.96 Å². The molecule has 1 aliphatic heterocycles. The van der Waals surface area contributed by atoms with Gasteiger partial charge < -0.3 is 25.0 Å². The molecule has 1 fully saturated rings. The summed E-state index contributed by atoms with van der Waals surface area (Å²) in [6, 6.07) is 8.17. The summed E-state index contributed by atoms with van der Waals surface area (Å²) >= 11 is 0. The van der Waals surface area contributed by atoms with Crippen LogP contribution in [0.1, 0.15) is 46.1 Å². The van der Waals surface area contributed by atoms with Crippen molar-refractivity contribution in [3.63, 3.8) is 0 Å². The van der Waals surface area contributed by atoms with Crippen LogP contribution in [0.4, 0.5) is 0 Å². The van der Waals surface area contributed by atoms with E-state index in [2.05, 4.69) is 49.3 Å². The molecule has 28 heavy (non-hydrogen) atoms. The number of nitrogens with zero attached hydrogens (tertiary/aromatic N) is 2. The van der Waals surface area contributed by atoms with Gasteiger partial charge in [-0.15, -0.1) is 0 Å². The molecule has 0 spiro atoms. The first-order valence-electron chi connectivity index (χ1n) is 10.7. The standard InChI is InChI=1S/C22H38N4O2/c1-5-23-21(25-18-22(4)13-10-15-28-22)24-17-19-11-8-9-12-20(19)27-16-14-26(6-2)7-3/h8-9,11-12H,5-7,10,13-18H2,1-4H3,(H2,23,24,25). The first kappa shape index (κ1) is 22.5. The molecule has 6 nitrogen and oxygen atoms in total. The van der Waals surface area contributed by atoms with Gasteiger partial charge >= 0.3 is 0 Å². The fraction of sp³-hybridized carbons (Fsp3) is 0.682. The van der Waals surface area contributed by atoms with Crippen LogP contribution in [0, 0.1) is 0 Å². The normalized spacial score (nSPS) is 19.8. The number of ether oxygens (including phenoxy) is 2. The second-order valence-corrected chi connectivity index (χ2v) is 7.43. The summed E-state index contributed by atoms with van der Waals surface area (Å²) in [5, 5.41) is 6.76. The molecule has 0 saturated carbocycles. The van der Waals surface area contributed by atoms with Crippen LogP contribution in [0.5, 0.6) is 5.75 Å². The fourth-order valence-corrected chi connectivity index (χ4v) is 3.35. The summed E-state index contributed by atoms with van der Waals surface area (Å²) in [7, 11) is 0. The molecular formula is C22H38N4O2. The zero-order valence-corrected chi connectivity index (χ0v) is 18.1. The molecular weight excluding hydrogens is 352 g/mol. The van der Waals surface area contributed by atoms with E-state index in [1.807, 2.05) is 18.2 Å². The molecule has 6 heteroatoms. The number of hydrogen-bond acceptors (Lipinski definition) is 4. The van der Waals surface area contributed by atoms with Crippen molar-refractivity contribution < 1.29 is 9.47 Å². The largest absolute Gasteiger partial charge is 0.492 e. The lowest BCUT2D eigenvalue weighted by molar-refractivity contribution is 0.0243. The van der Waals surface area contributed by atoms with Crippen molar-refractivity contribution in [3.8, 4) is 5.75 Å². The van der Waals surface area contributed by atoms with Crippen molar-refractivity contribution in [2.24, 2.45) is 4.99 Å². The van der Waals surface area contributed by atoms with Gasteiger partial charge in [-0.3, -0.25) is 0 Å². The molecule has 0 radical (unpaired) electrons. The maximum atomic E-state index is 6.05. The molecule has 1 atom stereocenters. The molecule has 0 amide bonds. The zero-order chi connectivity index (χ0) is 20.2. The van der Waals surface area contributed by atoms with Gasteiger partial charge in [-0.1, -0.05) is 32.0 Å². The molecule has 0 bridgehead atoms. The van der Waals surface area contributed by atoms with E-state index in [0.29, 0.717) is 13.2 Å². The quantitative estimate of drug-likeness (QED) is 0.449. The molecule has 0 aliphatic carbocycles. The van der Waals surface area contributed by atoms with Crippen LogP contribution in [-0.2, 0) is 11.3 Å². The summed E-state index contributed by atoms with van der Waals surface area (Å²) in [6.45, 7) is 15.3. The van der Waals surface area contributed by atoms with Crippen LogP contribution in [0.2, 0.25) is 0 Å². The van der Waals surface area contributed by atoms with Gasteiger partial charge in [-0.25, -0.2) is 4.99 Å². The highest BCUT2D eigenvalue weighted by atomic mass is 16.5. The van der Waals surface area contributed by atoms with Gasteiger partial charge in [0.2, 0.25) is 0 Å². The SMILES string of the molecule is CCNC(=NCc1ccccc1OCCN(CC)CC)NCC1(C)CCCO1. The Morgan fingerprint density at radius 1 is 1.21 bits per heavy atom. The lowest BCUT2D eigenvalue weighted by Crippen LogP contribution is -2.45. The zero-order valence-electron chi connectivity index (χ0n) is 18.1. The van der Waals surface area contributed by atoms with E-state index in [-0.39, 0.29) is 5.60 Å². The molecule has 1 unspecified atom stereocenters. The minimum Gasteiger partial charge on any atom is -0.492 e. The summed E-state index contributed by atoms with van der Waals surface area (Å²) in [5.74, 6) is 1.73. The van der Waals surface area contributed by atoms with Crippen LogP contribution < -0.4 is 15.4 Å². The number of para-hydroxylation sites is 1. The topological polar surface area (TPSA) is 58.1 Å². The van der Waals surface area contributed by atoms with Crippen molar-refractivity contribution in [2.75, 3.05) is 45.9 Å². The Hall–Kier alpha value is -1.79. The Balaban J connectivity index is 1.93. The van der Waals surface area contributed by atoms with E-state index >= 15 is 0 Å². The highest BCUT2D eigenvalue weighted by Crippen LogP contribution is 2.24. The van der Waals surface area contributed by atoms with E-state index in [9.17, 15) is 0 Å². The summed E-state index contributed by atoms with van der Waals surface area (Å²) in [5.41, 5.74) is 1.00. The second-order valence-electron chi connectivity index (χ2n) is 7.43. The minimum atomic E-state index is -0.0956. The van der Waals surface area contributed by atoms with Gasteiger partial charge in [0.25, 0.3) is 0 Å². The maximum absolute atomic E-state index is 6.05. The van der Waals surface area contributed by atoms with Crippen molar-refractivity contribution in [3.05, 3.63) is 29.8 Å². The predicted octanol–water partition coefficient (Wildman–Crippen LogP) is 3.03. The lowest BCUT2D eigenvalue weighted by Gasteiger charge is -2.24. The van der Waals surface area contributed by atoms with Gasteiger partial charge in [0.1, 0.15) is 12.4 Å². The third-order valence-corrected chi connectivity index (χ3v) is 5.21. The Bertz CT molecular complexity index is 596. The van der Waals surface area contributed by atoms with Gasteiger partial charge in [-0.2, -0.15) is 0 Å². The lowest BCUT2D eigenvalue weighted by atomic mass is 10.0. The van der Waals surface area contributed by atoms with Gasteiger partial charge in [0, 0.05) is 31.8 Å². The molecule has 158 valence electrons. The third kappa shape index (κ3) is 7.32. The molecule has 2 rings (SSSR count). The van der Waals surface area contributed by atoms with E-state index in [0.717, 1.165) is 69.4 Å². The van der Waals surface area contributed by atoms with Crippen LogP contribution in [0.25, 0.3) is 0 Å². The Morgan fingerprint density at radius 3 is 2.68 bits per heavy atom. The van der Waals surface area contributed by atoms with Crippen LogP contribution in [0.15, 0.2) is 29.3 Å². The van der Waals surface area contributed by atoms with Crippen molar-refractivity contribution in [1.29, 1.82) is 0 Å². The fourth-order valence-electron chi connectivity index (χ4n) is 3.35. The third-order valence-electron chi connectivity index (χ3n) is 5.21. The average Bonchev–Trinajstić information content (AvgIpc) is 3.15. The van der Waals surface area contributed by atoms with Crippen LogP contribution >= 0.6 is 0 Å². The summed E-state index contributed by atoms with van der Waals surface area (Å²) in [6.07, 6.45) is 2.21. The van der Waals surface area contributed by atoms with Crippen molar-refractivity contribution >= 4 is 5.96 Å². The predicted molar refractivity (Wildman–Crippen MR) is 116 cm³/mol. The number of hydrogen-bond donors (Lipinski definition) is 2. The number of likely N-dealkylation sites (N-methyl/N-ethyl adjacent to an activating group) is 1. The molecule has 0 aromatic heterocycles. The summed E-state index contributed by atoms with van der Waals surface area (Å²) < 4.78 is 11.9. The number of aliphatic imine (C=N–C) groups is 1. The first-order valence-corrected chi connectivity index (χ1v) is 10.7. The molecule has 1 aliphatic rings. The minimum absolute atomic E-state index is 0.0956. The highest BCUT2D eigenvalue weighted by molar-refractivity contribution is 5.79. The Morgan fingerprint density at radius 2 is 2.00 bits per heavy atom. The Labute approximate surface area is 170 Å². The highest BCUT2D eigenvalue weighted by Gasteiger charge is 2.29. The molecule has 1 aromatic rings. The van der Waals surface area contributed by atoms with Gasteiger partial charge in [0.05, 0.1) is 12.1 Å². The van der Waals surface area contributed by atoms with Gasteiger partial charge in [-0.05, 0) is 45.8 Å². The van der Waals surface area contributed by atoms with Crippen molar-refractivity contribution in [2.45, 2.75) is 52.7 Å². The molecule has 2 N–H and O–H groups in total. The van der Waals surface area contributed by atoms with Crippen LogP contribution in [-0.4, -0.2) is 62.4 Å². The second kappa shape index (κ2) is 11.9. The van der Waals surface area contributed by atoms with Crippen molar-refractivity contribution in [1.82, 2.24) is 15.5 Å².